The van der Waals surface area contributed by atoms with E-state index in [0.29, 0.717) is 23.6 Å². The summed E-state index contributed by atoms with van der Waals surface area (Å²) in [6.07, 6.45) is 2.40. The van der Waals surface area contributed by atoms with Crippen LogP contribution in [0.2, 0.25) is 5.02 Å². The van der Waals surface area contributed by atoms with Gasteiger partial charge in [-0.05, 0) is 61.4 Å². The third-order valence-electron chi connectivity index (χ3n) is 6.09. The van der Waals surface area contributed by atoms with Crippen LogP contribution in [0.5, 0.6) is 11.5 Å². The Labute approximate surface area is 241 Å². The minimum Gasteiger partial charge on any atom is -0.469 e. The van der Waals surface area contributed by atoms with Gasteiger partial charge in [0.25, 0.3) is 0 Å². The maximum atomic E-state index is 13.1. The van der Waals surface area contributed by atoms with Crippen molar-refractivity contribution < 1.29 is 32.2 Å². The van der Waals surface area contributed by atoms with E-state index in [1.54, 1.807) is 36.5 Å². The molecule has 0 atom stereocenters. The maximum absolute atomic E-state index is 13.1. The van der Waals surface area contributed by atoms with Crippen LogP contribution in [0.4, 0.5) is 35.2 Å². The Morgan fingerprint density at radius 1 is 0.902 bits per heavy atom. The number of unbranched alkanes of at least 4 members (excludes halogenated alkanes) is 4. The number of hydrogen-bond acceptors (Lipinski definition) is 6. The van der Waals surface area contributed by atoms with Gasteiger partial charge >= 0.3 is 18.2 Å². The lowest BCUT2D eigenvalue weighted by atomic mass is 10.1. The van der Waals surface area contributed by atoms with Crippen LogP contribution >= 0.6 is 11.6 Å². The molecule has 1 heterocycles. The molecule has 0 saturated heterocycles. The second kappa shape index (κ2) is 15.1. The fourth-order valence-electron chi connectivity index (χ4n) is 3.89. The number of urea groups is 1. The summed E-state index contributed by atoms with van der Waals surface area (Å²) in [6.45, 7) is 0.823. The molecule has 0 aliphatic carbocycles. The summed E-state index contributed by atoms with van der Waals surface area (Å²) in [4.78, 5) is 29.9. The SMILES string of the molecule is COC(=O)CCCCCCCN(C)c1cc(Oc2ccc(NC(=O)Nc3ccc(Cl)c(C(F)(F)F)c3)cc2)ccn1. The number of nitrogens with zero attached hydrogens (tertiary/aromatic N) is 2. The molecule has 0 spiro atoms. The number of methoxy groups -OCH3 is 1. The van der Waals surface area contributed by atoms with E-state index in [0.717, 1.165) is 56.6 Å². The average molecular weight is 593 g/mol. The lowest BCUT2D eigenvalue weighted by molar-refractivity contribution is -0.140. The highest BCUT2D eigenvalue weighted by molar-refractivity contribution is 6.31. The molecule has 2 aromatic carbocycles. The highest BCUT2D eigenvalue weighted by Crippen LogP contribution is 2.36. The Kier molecular flexibility index (Phi) is 11.6. The van der Waals surface area contributed by atoms with Gasteiger partial charge in [-0.2, -0.15) is 13.2 Å². The number of nitrogens with one attached hydrogen (secondary N) is 2. The molecule has 0 fully saturated rings. The van der Waals surface area contributed by atoms with Crippen molar-refractivity contribution in [3.63, 3.8) is 0 Å². The number of benzene rings is 2. The monoisotopic (exact) mass is 592 g/mol. The Morgan fingerprint density at radius 3 is 2.27 bits per heavy atom. The van der Waals surface area contributed by atoms with Gasteiger partial charge in [0.1, 0.15) is 17.3 Å². The number of anilines is 3. The number of rotatable bonds is 13. The molecular formula is C29H32ClF3N4O4. The van der Waals surface area contributed by atoms with E-state index in [1.807, 2.05) is 18.0 Å². The van der Waals surface area contributed by atoms with Gasteiger partial charge in [0, 0.05) is 43.7 Å². The van der Waals surface area contributed by atoms with Gasteiger partial charge in [-0.3, -0.25) is 4.79 Å². The summed E-state index contributed by atoms with van der Waals surface area (Å²) in [5, 5.41) is 4.48. The largest absolute Gasteiger partial charge is 0.469 e. The quantitative estimate of drug-likeness (QED) is 0.154. The first-order valence-corrected chi connectivity index (χ1v) is 13.4. The smallest absolute Gasteiger partial charge is 0.417 e. The van der Waals surface area contributed by atoms with Crippen LogP contribution in [-0.2, 0) is 15.7 Å². The van der Waals surface area contributed by atoms with Crippen LogP contribution in [0.25, 0.3) is 0 Å². The molecule has 220 valence electrons. The molecule has 0 unspecified atom stereocenters. The zero-order valence-corrected chi connectivity index (χ0v) is 23.5. The van der Waals surface area contributed by atoms with Gasteiger partial charge < -0.3 is 25.0 Å². The first-order chi connectivity index (χ1) is 19.5. The lowest BCUT2D eigenvalue weighted by Gasteiger charge is -2.18. The normalized spacial score (nSPS) is 11.1. The molecule has 3 rings (SSSR count). The number of ether oxygens (including phenoxy) is 2. The number of amides is 2. The number of alkyl halides is 3. The molecule has 2 N–H and O–H groups in total. The van der Waals surface area contributed by atoms with Crippen molar-refractivity contribution in [1.29, 1.82) is 0 Å². The number of hydrogen-bond donors (Lipinski definition) is 2. The Hall–Kier alpha value is -3.99. The fourth-order valence-corrected chi connectivity index (χ4v) is 4.12. The van der Waals surface area contributed by atoms with E-state index in [4.69, 9.17) is 16.3 Å². The second-order valence-electron chi connectivity index (χ2n) is 9.26. The third-order valence-corrected chi connectivity index (χ3v) is 6.42. The summed E-state index contributed by atoms with van der Waals surface area (Å²) in [5.41, 5.74) is -0.665. The van der Waals surface area contributed by atoms with Gasteiger partial charge in [0.15, 0.2) is 0 Å². The minimum atomic E-state index is -4.64. The van der Waals surface area contributed by atoms with E-state index < -0.39 is 22.8 Å². The number of carbonyl (C=O) groups is 2. The molecule has 0 aliphatic rings. The minimum absolute atomic E-state index is 0.0479. The molecule has 0 radical (unpaired) electrons. The van der Waals surface area contributed by atoms with E-state index >= 15 is 0 Å². The molecule has 0 saturated carbocycles. The van der Waals surface area contributed by atoms with Crippen molar-refractivity contribution in [3.05, 3.63) is 71.4 Å². The molecule has 12 heteroatoms. The zero-order valence-electron chi connectivity index (χ0n) is 22.8. The van der Waals surface area contributed by atoms with Crippen molar-refractivity contribution in [2.45, 2.75) is 44.7 Å². The number of halogens is 4. The van der Waals surface area contributed by atoms with Crippen molar-refractivity contribution in [2.24, 2.45) is 0 Å². The Morgan fingerprint density at radius 2 is 1.56 bits per heavy atom. The summed E-state index contributed by atoms with van der Waals surface area (Å²) in [7, 11) is 3.36. The number of carbonyl (C=O) groups excluding carboxylic acids is 2. The fraction of sp³-hybridized carbons (Fsp3) is 0.345. The van der Waals surface area contributed by atoms with Crippen molar-refractivity contribution >= 4 is 40.8 Å². The van der Waals surface area contributed by atoms with E-state index in [2.05, 4.69) is 20.4 Å². The lowest BCUT2D eigenvalue weighted by Crippen LogP contribution is -2.20. The molecule has 8 nitrogen and oxygen atoms in total. The van der Waals surface area contributed by atoms with Crippen LogP contribution in [0, 0.1) is 0 Å². The number of esters is 1. The van der Waals surface area contributed by atoms with Crippen molar-refractivity contribution in [3.8, 4) is 11.5 Å². The van der Waals surface area contributed by atoms with Crippen molar-refractivity contribution in [1.82, 2.24) is 4.98 Å². The Bertz CT molecular complexity index is 1310. The van der Waals surface area contributed by atoms with Gasteiger partial charge in [0.05, 0.1) is 17.7 Å². The van der Waals surface area contributed by atoms with Gasteiger partial charge in [-0.1, -0.05) is 30.9 Å². The third kappa shape index (κ3) is 10.5. The first-order valence-electron chi connectivity index (χ1n) is 13.0. The van der Waals surface area contributed by atoms with Gasteiger partial charge in [-0.25, -0.2) is 9.78 Å². The van der Waals surface area contributed by atoms with Gasteiger partial charge in [0.2, 0.25) is 0 Å². The molecule has 3 aromatic rings. The first kappa shape index (κ1) is 31.5. The predicted octanol–water partition coefficient (Wildman–Crippen LogP) is 8.14. The highest BCUT2D eigenvalue weighted by atomic mass is 35.5. The molecule has 41 heavy (non-hydrogen) atoms. The predicted molar refractivity (Wildman–Crippen MR) is 153 cm³/mol. The van der Waals surface area contributed by atoms with Crippen LogP contribution in [-0.4, -0.2) is 37.7 Å². The summed E-state index contributed by atoms with van der Waals surface area (Å²) >= 11 is 5.62. The Balaban J connectivity index is 1.46. The number of pyridine rings is 1. The summed E-state index contributed by atoms with van der Waals surface area (Å²) < 4.78 is 49.7. The van der Waals surface area contributed by atoms with E-state index in [1.165, 1.54) is 13.2 Å². The number of aromatic nitrogens is 1. The maximum Gasteiger partial charge on any atom is 0.417 e. The van der Waals surface area contributed by atoms with E-state index in [9.17, 15) is 22.8 Å². The molecular weight excluding hydrogens is 561 g/mol. The topological polar surface area (TPSA) is 92.8 Å². The van der Waals surface area contributed by atoms with E-state index in [-0.39, 0.29) is 11.7 Å². The molecule has 0 aliphatic heterocycles. The molecule has 1 aromatic heterocycles. The molecule has 0 bridgehead atoms. The average Bonchev–Trinajstić information content (AvgIpc) is 2.94. The second-order valence-corrected chi connectivity index (χ2v) is 9.67. The van der Waals surface area contributed by atoms with Crippen LogP contribution < -0.4 is 20.3 Å². The van der Waals surface area contributed by atoms with Crippen LogP contribution in [0.1, 0.15) is 44.1 Å². The summed E-state index contributed by atoms with van der Waals surface area (Å²) in [6, 6.07) is 12.5. The highest BCUT2D eigenvalue weighted by Gasteiger charge is 2.33. The standard InChI is InChI=1S/C29H32ClF3N4O4/c1-37(17-7-5-3-4-6-8-27(38)40-2)26-19-23(15-16-34-26)41-22-12-9-20(10-13-22)35-28(39)36-21-11-14-25(30)24(18-21)29(31,32)33/h9-16,18-19H,3-8,17H2,1-2H3,(H2,35,36,39). The van der Waals surface area contributed by atoms with Crippen LogP contribution in [0.3, 0.4) is 0 Å². The van der Waals surface area contributed by atoms with Crippen molar-refractivity contribution in [2.75, 3.05) is 36.2 Å². The molecule has 2 amide bonds. The van der Waals surface area contributed by atoms with Gasteiger partial charge in [-0.15, -0.1) is 0 Å². The van der Waals surface area contributed by atoms with Crippen LogP contribution in [0.15, 0.2) is 60.8 Å². The zero-order chi connectivity index (χ0) is 29.8. The summed E-state index contributed by atoms with van der Waals surface area (Å²) in [5.74, 6) is 1.71.